The number of rotatable bonds is 5. The maximum atomic E-state index is 8.38. The molecule has 0 bridgehead atoms. The van der Waals surface area contributed by atoms with Crippen LogP contribution in [0.1, 0.15) is 18.9 Å². The topological polar surface area (TPSA) is 35.8 Å². The highest BCUT2D eigenvalue weighted by Gasteiger charge is 2.01. The molecule has 14 heavy (non-hydrogen) atoms. The first-order valence-corrected chi connectivity index (χ1v) is 4.97. The number of hydrogen-bond acceptors (Lipinski definition) is 2. The van der Waals surface area contributed by atoms with Crippen LogP contribution in [0.15, 0.2) is 30.3 Å². The fourth-order valence-electron chi connectivity index (χ4n) is 1.41. The Labute approximate surface area is 85.6 Å². The lowest BCUT2D eigenvalue weighted by Crippen LogP contribution is -2.28. The molecule has 1 atom stereocenters. The fourth-order valence-corrected chi connectivity index (χ4v) is 1.41. The van der Waals surface area contributed by atoms with Crippen molar-refractivity contribution in [2.24, 2.45) is 0 Å². The zero-order valence-corrected chi connectivity index (χ0v) is 8.53. The second-order valence-electron chi connectivity index (χ2n) is 3.45. The Balaban J connectivity index is 2.28. The Bertz CT molecular complexity index is 287. The zero-order chi connectivity index (χ0) is 10.2. The van der Waals surface area contributed by atoms with Gasteiger partial charge in [0.05, 0.1) is 6.07 Å². The zero-order valence-electron chi connectivity index (χ0n) is 8.53. The van der Waals surface area contributed by atoms with E-state index in [0.717, 1.165) is 13.0 Å². The highest BCUT2D eigenvalue weighted by Crippen LogP contribution is 2.02. The lowest BCUT2D eigenvalue weighted by molar-refractivity contribution is 0.553. The van der Waals surface area contributed by atoms with Crippen LogP contribution in [-0.4, -0.2) is 12.6 Å². The van der Waals surface area contributed by atoms with Crippen molar-refractivity contribution >= 4 is 0 Å². The molecule has 0 saturated carbocycles. The van der Waals surface area contributed by atoms with E-state index in [4.69, 9.17) is 5.26 Å². The molecule has 0 aliphatic carbocycles. The van der Waals surface area contributed by atoms with Crippen molar-refractivity contribution in [2.75, 3.05) is 6.54 Å². The van der Waals surface area contributed by atoms with Gasteiger partial charge < -0.3 is 5.32 Å². The monoisotopic (exact) mass is 188 g/mol. The highest BCUT2D eigenvalue weighted by atomic mass is 14.9. The summed E-state index contributed by atoms with van der Waals surface area (Å²) in [6.45, 7) is 2.93. The van der Waals surface area contributed by atoms with Crippen molar-refractivity contribution in [3.63, 3.8) is 0 Å². The van der Waals surface area contributed by atoms with E-state index >= 15 is 0 Å². The Morgan fingerprint density at radius 2 is 2.07 bits per heavy atom. The summed E-state index contributed by atoms with van der Waals surface area (Å²) >= 11 is 0. The van der Waals surface area contributed by atoms with Gasteiger partial charge >= 0.3 is 0 Å². The van der Waals surface area contributed by atoms with Crippen LogP contribution in [0.3, 0.4) is 0 Å². The average molecular weight is 188 g/mol. The van der Waals surface area contributed by atoms with Gasteiger partial charge in [-0.1, -0.05) is 30.3 Å². The molecule has 0 aliphatic heterocycles. The molecule has 0 saturated heterocycles. The maximum Gasteiger partial charge on any atom is 0.0635 e. The Hall–Kier alpha value is -1.33. The third-order valence-corrected chi connectivity index (χ3v) is 2.11. The molecule has 0 spiro atoms. The predicted octanol–water partition coefficient (Wildman–Crippen LogP) is 2.12. The van der Waals surface area contributed by atoms with Gasteiger partial charge in [-0.25, -0.2) is 0 Å². The number of benzene rings is 1. The smallest absolute Gasteiger partial charge is 0.0635 e. The molecule has 2 nitrogen and oxygen atoms in total. The summed E-state index contributed by atoms with van der Waals surface area (Å²) in [4.78, 5) is 0. The van der Waals surface area contributed by atoms with E-state index in [1.807, 2.05) is 6.07 Å². The quantitative estimate of drug-likeness (QED) is 0.718. The van der Waals surface area contributed by atoms with Crippen LogP contribution in [0.2, 0.25) is 0 Å². The van der Waals surface area contributed by atoms with Crippen LogP contribution in [-0.2, 0) is 6.42 Å². The number of nitriles is 1. The van der Waals surface area contributed by atoms with Crippen molar-refractivity contribution in [2.45, 2.75) is 25.8 Å². The fraction of sp³-hybridized carbons (Fsp3) is 0.417. The Morgan fingerprint density at radius 3 is 2.71 bits per heavy atom. The first-order chi connectivity index (χ1) is 6.83. The minimum absolute atomic E-state index is 0.436. The van der Waals surface area contributed by atoms with Crippen molar-refractivity contribution in [1.82, 2.24) is 5.32 Å². The van der Waals surface area contributed by atoms with Crippen LogP contribution in [0.4, 0.5) is 0 Å². The Morgan fingerprint density at radius 1 is 1.36 bits per heavy atom. The van der Waals surface area contributed by atoms with Crippen molar-refractivity contribution in [3.05, 3.63) is 35.9 Å². The molecule has 0 heterocycles. The number of hydrogen-bond donors (Lipinski definition) is 1. The second kappa shape index (κ2) is 6.17. The van der Waals surface area contributed by atoms with Crippen LogP contribution < -0.4 is 5.32 Å². The molecule has 1 aromatic rings. The normalized spacial score (nSPS) is 12.0. The summed E-state index contributed by atoms with van der Waals surface area (Å²) in [5, 5.41) is 11.7. The number of nitrogens with zero attached hydrogens (tertiary/aromatic N) is 1. The predicted molar refractivity (Wildman–Crippen MR) is 57.8 cm³/mol. The summed E-state index contributed by atoms with van der Waals surface area (Å²) < 4.78 is 0. The van der Waals surface area contributed by atoms with Gasteiger partial charge in [-0.15, -0.1) is 0 Å². The van der Waals surface area contributed by atoms with Gasteiger partial charge in [0.15, 0.2) is 0 Å². The van der Waals surface area contributed by atoms with Crippen LogP contribution in [0, 0.1) is 11.3 Å². The van der Waals surface area contributed by atoms with Gasteiger partial charge in [-0.3, -0.25) is 0 Å². The van der Waals surface area contributed by atoms with Crippen molar-refractivity contribution < 1.29 is 0 Å². The lowest BCUT2D eigenvalue weighted by atomic mass is 10.1. The molecule has 0 unspecified atom stereocenters. The molecule has 0 radical (unpaired) electrons. The average Bonchev–Trinajstić information content (AvgIpc) is 2.20. The van der Waals surface area contributed by atoms with E-state index in [9.17, 15) is 0 Å². The maximum absolute atomic E-state index is 8.38. The van der Waals surface area contributed by atoms with E-state index in [2.05, 4.69) is 42.6 Å². The van der Waals surface area contributed by atoms with Gasteiger partial charge in [0.2, 0.25) is 0 Å². The van der Waals surface area contributed by atoms with E-state index in [0.29, 0.717) is 12.5 Å². The van der Waals surface area contributed by atoms with Gasteiger partial charge in [0, 0.05) is 19.0 Å². The van der Waals surface area contributed by atoms with Crippen LogP contribution >= 0.6 is 0 Å². The van der Waals surface area contributed by atoms with E-state index in [1.165, 1.54) is 5.56 Å². The van der Waals surface area contributed by atoms with Gasteiger partial charge in [0.25, 0.3) is 0 Å². The molecule has 1 aromatic carbocycles. The van der Waals surface area contributed by atoms with Crippen LogP contribution in [0.25, 0.3) is 0 Å². The molecule has 1 rings (SSSR count). The molecule has 74 valence electrons. The minimum atomic E-state index is 0.436. The third-order valence-electron chi connectivity index (χ3n) is 2.11. The first kappa shape index (κ1) is 10.7. The molecule has 0 fully saturated rings. The SMILES string of the molecule is C[C@H](Cc1ccccc1)NCCC#N. The summed E-state index contributed by atoms with van der Waals surface area (Å²) in [5.41, 5.74) is 1.34. The summed E-state index contributed by atoms with van der Waals surface area (Å²) in [6.07, 6.45) is 1.60. The van der Waals surface area contributed by atoms with Gasteiger partial charge in [0.1, 0.15) is 0 Å². The largest absolute Gasteiger partial charge is 0.313 e. The van der Waals surface area contributed by atoms with Crippen molar-refractivity contribution in [1.29, 1.82) is 5.26 Å². The van der Waals surface area contributed by atoms with E-state index in [-0.39, 0.29) is 0 Å². The molecule has 0 amide bonds. The van der Waals surface area contributed by atoms with E-state index < -0.39 is 0 Å². The van der Waals surface area contributed by atoms with Crippen LogP contribution in [0.5, 0.6) is 0 Å². The van der Waals surface area contributed by atoms with Gasteiger partial charge in [-0.05, 0) is 18.9 Å². The molecule has 0 aliphatic rings. The molecule has 2 heteroatoms. The lowest BCUT2D eigenvalue weighted by Gasteiger charge is -2.12. The summed E-state index contributed by atoms with van der Waals surface area (Å²) in [7, 11) is 0. The Kier molecular flexibility index (Phi) is 4.74. The molecule has 1 N–H and O–H groups in total. The standard InChI is InChI=1S/C12H16N2/c1-11(14-9-5-8-13)10-12-6-3-2-4-7-12/h2-4,6-7,11,14H,5,9-10H2,1H3/t11-/m1/s1. The minimum Gasteiger partial charge on any atom is -0.313 e. The highest BCUT2D eigenvalue weighted by molar-refractivity contribution is 5.15. The number of nitrogens with one attached hydrogen (secondary N) is 1. The summed E-state index contributed by atoms with van der Waals surface area (Å²) in [5.74, 6) is 0. The molecular weight excluding hydrogens is 172 g/mol. The molecular formula is C12H16N2. The van der Waals surface area contributed by atoms with Gasteiger partial charge in [-0.2, -0.15) is 5.26 Å². The third kappa shape index (κ3) is 4.06. The molecule has 0 aromatic heterocycles. The second-order valence-corrected chi connectivity index (χ2v) is 3.45. The first-order valence-electron chi connectivity index (χ1n) is 4.97. The van der Waals surface area contributed by atoms with Crippen molar-refractivity contribution in [3.8, 4) is 6.07 Å². The van der Waals surface area contributed by atoms with E-state index in [1.54, 1.807) is 0 Å². The summed E-state index contributed by atoms with van der Waals surface area (Å²) in [6, 6.07) is 12.9.